The van der Waals surface area contributed by atoms with E-state index in [0.29, 0.717) is 6.61 Å². The fraction of sp³-hybridized carbons (Fsp3) is 0.562. The first-order valence-electron chi connectivity index (χ1n) is 7.20. The largest absolute Gasteiger partial charge is 0.466 e. The minimum absolute atomic E-state index is 0.0195. The molecule has 1 aliphatic carbocycles. The summed E-state index contributed by atoms with van der Waals surface area (Å²) in [4.78, 5) is 11.9. The molecule has 0 aromatic heterocycles. The highest BCUT2D eigenvalue weighted by Crippen LogP contribution is 2.29. The molecule has 3 nitrogen and oxygen atoms in total. The summed E-state index contributed by atoms with van der Waals surface area (Å²) >= 11 is 0. The second kappa shape index (κ2) is 6.71. The van der Waals surface area contributed by atoms with Crippen molar-refractivity contribution in [1.82, 2.24) is 5.32 Å². The second-order valence-corrected chi connectivity index (χ2v) is 5.19. The zero-order chi connectivity index (χ0) is 13.7. The van der Waals surface area contributed by atoms with Gasteiger partial charge in [-0.05, 0) is 32.3 Å². The molecule has 0 bridgehead atoms. The normalized spacial score (nSPS) is 24.1. The van der Waals surface area contributed by atoms with Crippen molar-refractivity contribution in [2.24, 2.45) is 5.92 Å². The van der Waals surface area contributed by atoms with Crippen molar-refractivity contribution in [3.8, 4) is 0 Å². The van der Waals surface area contributed by atoms with Gasteiger partial charge in [-0.1, -0.05) is 36.8 Å². The third-order valence-electron chi connectivity index (χ3n) is 3.87. The van der Waals surface area contributed by atoms with Gasteiger partial charge in [0.2, 0.25) is 0 Å². The lowest BCUT2D eigenvalue weighted by molar-refractivity contribution is -0.148. The minimum Gasteiger partial charge on any atom is -0.466 e. The summed E-state index contributed by atoms with van der Waals surface area (Å²) in [6, 6.07) is 10.9. The number of benzene rings is 1. The summed E-state index contributed by atoms with van der Waals surface area (Å²) in [6.45, 7) is 4.48. The minimum atomic E-state index is -0.0437. The Bertz CT molecular complexity index is 404. The lowest BCUT2D eigenvalue weighted by Gasteiger charge is -2.24. The van der Waals surface area contributed by atoms with Crippen LogP contribution in [0.5, 0.6) is 0 Å². The van der Waals surface area contributed by atoms with E-state index in [1.807, 2.05) is 25.1 Å². The molecule has 1 aliphatic rings. The van der Waals surface area contributed by atoms with Crippen molar-refractivity contribution in [2.45, 2.75) is 45.2 Å². The quantitative estimate of drug-likeness (QED) is 0.828. The van der Waals surface area contributed by atoms with E-state index in [4.69, 9.17) is 4.74 Å². The van der Waals surface area contributed by atoms with Crippen molar-refractivity contribution in [3.63, 3.8) is 0 Å². The van der Waals surface area contributed by atoms with Gasteiger partial charge in [-0.25, -0.2) is 0 Å². The van der Waals surface area contributed by atoms with Crippen LogP contribution in [-0.4, -0.2) is 18.6 Å². The van der Waals surface area contributed by atoms with Gasteiger partial charge in [0.15, 0.2) is 0 Å². The van der Waals surface area contributed by atoms with E-state index in [0.717, 1.165) is 19.3 Å². The predicted molar refractivity (Wildman–Crippen MR) is 75.8 cm³/mol. The van der Waals surface area contributed by atoms with Gasteiger partial charge in [0, 0.05) is 12.1 Å². The van der Waals surface area contributed by atoms with Crippen LogP contribution < -0.4 is 5.32 Å². The molecule has 3 heteroatoms. The monoisotopic (exact) mass is 261 g/mol. The fourth-order valence-corrected chi connectivity index (χ4v) is 2.85. The SMILES string of the molecule is CCOC(=O)C1CCCC1NC(C)c1ccccc1. The second-order valence-electron chi connectivity index (χ2n) is 5.19. The van der Waals surface area contributed by atoms with Gasteiger partial charge in [0.1, 0.15) is 0 Å². The van der Waals surface area contributed by atoms with Crippen LogP contribution in [-0.2, 0) is 9.53 Å². The Morgan fingerprint density at radius 2 is 2.11 bits per heavy atom. The Hall–Kier alpha value is -1.35. The Balaban J connectivity index is 1.96. The molecule has 1 aromatic rings. The third kappa shape index (κ3) is 3.57. The van der Waals surface area contributed by atoms with E-state index >= 15 is 0 Å². The summed E-state index contributed by atoms with van der Waals surface area (Å²) in [5, 5.41) is 3.58. The topological polar surface area (TPSA) is 38.3 Å². The summed E-state index contributed by atoms with van der Waals surface area (Å²) in [5.41, 5.74) is 1.26. The molecular formula is C16H23NO2. The van der Waals surface area contributed by atoms with Crippen LogP contribution >= 0.6 is 0 Å². The van der Waals surface area contributed by atoms with Crippen molar-refractivity contribution < 1.29 is 9.53 Å². The van der Waals surface area contributed by atoms with E-state index in [9.17, 15) is 4.79 Å². The van der Waals surface area contributed by atoms with E-state index in [2.05, 4.69) is 24.4 Å². The van der Waals surface area contributed by atoms with Crippen molar-refractivity contribution >= 4 is 5.97 Å². The summed E-state index contributed by atoms with van der Waals surface area (Å²) < 4.78 is 5.16. The summed E-state index contributed by atoms with van der Waals surface area (Å²) in [7, 11) is 0. The zero-order valence-electron chi connectivity index (χ0n) is 11.8. The predicted octanol–water partition coefficient (Wildman–Crippen LogP) is 3.07. The molecule has 104 valence electrons. The highest BCUT2D eigenvalue weighted by molar-refractivity contribution is 5.73. The fourth-order valence-electron chi connectivity index (χ4n) is 2.85. The molecule has 2 rings (SSSR count). The molecule has 19 heavy (non-hydrogen) atoms. The smallest absolute Gasteiger partial charge is 0.310 e. The van der Waals surface area contributed by atoms with Crippen LogP contribution in [0.3, 0.4) is 0 Å². The number of nitrogens with one attached hydrogen (secondary N) is 1. The standard InChI is InChI=1S/C16H23NO2/c1-3-19-16(18)14-10-7-11-15(14)17-12(2)13-8-5-4-6-9-13/h4-6,8-9,12,14-15,17H,3,7,10-11H2,1-2H3. The van der Waals surface area contributed by atoms with Crippen LogP contribution in [0.25, 0.3) is 0 Å². The molecule has 3 unspecified atom stereocenters. The maximum Gasteiger partial charge on any atom is 0.310 e. The van der Waals surface area contributed by atoms with Gasteiger partial charge >= 0.3 is 5.97 Å². The first-order valence-corrected chi connectivity index (χ1v) is 7.20. The maximum atomic E-state index is 11.9. The summed E-state index contributed by atoms with van der Waals surface area (Å²) in [6.07, 6.45) is 3.10. The van der Waals surface area contributed by atoms with Crippen LogP contribution in [0, 0.1) is 5.92 Å². The number of hydrogen-bond donors (Lipinski definition) is 1. The summed E-state index contributed by atoms with van der Waals surface area (Å²) in [5.74, 6) is -0.0242. The molecular weight excluding hydrogens is 238 g/mol. The molecule has 0 aliphatic heterocycles. The Labute approximate surface area is 115 Å². The Kier molecular flexibility index (Phi) is 4.97. The van der Waals surface area contributed by atoms with Gasteiger partial charge in [-0.3, -0.25) is 4.79 Å². The van der Waals surface area contributed by atoms with Crippen LogP contribution in [0.4, 0.5) is 0 Å². The molecule has 1 N–H and O–H groups in total. The van der Waals surface area contributed by atoms with Crippen LogP contribution in [0.15, 0.2) is 30.3 Å². The van der Waals surface area contributed by atoms with Crippen LogP contribution in [0.1, 0.15) is 44.7 Å². The average Bonchev–Trinajstić information content (AvgIpc) is 2.88. The molecule has 1 aromatic carbocycles. The van der Waals surface area contributed by atoms with Gasteiger partial charge < -0.3 is 10.1 Å². The lowest BCUT2D eigenvalue weighted by atomic mass is 10.0. The maximum absolute atomic E-state index is 11.9. The molecule has 0 amide bonds. The molecule has 3 atom stereocenters. The molecule has 0 saturated heterocycles. The first kappa shape index (κ1) is 14.1. The number of esters is 1. The highest BCUT2D eigenvalue weighted by Gasteiger charge is 2.34. The highest BCUT2D eigenvalue weighted by atomic mass is 16.5. The van der Waals surface area contributed by atoms with Crippen LogP contribution in [0.2, 0.25) is 0 Å². The number of hydrogen-bond acceptors (Lipinski definition) is 3. The van der Waals surface area contributed by atoms with E-state index in [-0.39, 0.29) is 24.0 Å². The average molecular weight is 261 g/mol. The van der Waals surface area contributed by atoms with Gasteiger partial charge in [-0.15, -0.1) is 0 Å². The number of ether oxygens (including phenoxy) is 1. The van der Waals surface area contributed by atoms with E-state index in [1.54, 1.807) is 0 Å². The molecule has 1 fully saturated rings. The van der Waals surface area contributed by atoms with Crippen molar-refractivity contribution in [1.29, 1.82) is 0 Å². The molecule has 0 heterocycles. The Morgan fingerprint density at radius 1 is 1.37 bits per heavy atom. The molecule has 0 spiro atoms. The van der Waals surface area contributed by atoms with Gasteiger partial charge in [-0.2, -0.15) is 0 Å². The zero-order valence-corrected chi connectivity index (χ0v) is 11.8. The van der Waals surface area contributed by atoms with Crippen molar-refractivity contribution in [3.05, 3.63) is 35.9 Å². The number of carbonyl (C=O) groups is 1. The third-order valence-corrected chi connectivity index (χ3v) is 3.87. The molecule has 1 saturated carbocycles. The van der Waals surface area contributed by atoms with Gasteiger partial charge in [0.25, 0.3) is 0 Å². The van der Waals surface area contributed by atoms with E-state index in [1.165, 1.54) is 5.56 Å². The first-order chi connectivity index (χ1) is 9.22. The van der Waals surface area contributed by atoms with Crippen molar-refractivity contribution in [2.75, 3.05) is 6.61 Å². The molecule has 0 radical (unpaired) electrons. The van der Waals surface area contributed by atoms with Gasteiger partial charge in [0.05, 0.1) is 12.5 Å². The number of rotatable bonds is 5. The number of carbonyl (C=O) groups excluding carboxylic acids is 1. The lowest BCUT2D eigenvalue weighted by Crippen LogP contribution is -2.38. The Morgan fingerprint density at radius 3 is 2.79 bits per heavy atom. The van der Waals surface area contributed by atoms with E-state index < -0.39 is 0 Å².